The van der Waals surface area contributed by atoms with E-state index in [1.165, 1.54) is 0 Å². The number of hydrogen-bond acceptors (Lipinski definition) is 3. The minimum atomic E-state index is -0.0200. The molecule has 6 heteroatoms. The Morgan fingerprint density at radius 1 is 0.595 bits per heavy atom. The number of nitrogens with zero attached hydrogens (tertiary/aromatic N) is 2. The molecule has 172 valence electrons. The summed E-state index contributed by atoms with van der Waals surface area (Å²) in [5, 5.41) is 15.8. The van der Waals surface area contributed by atoms with Gasteiger partial charge in [-0.05, 0) is 57.0 Å². The maximum Gasteiger partial charge on any atom is 0.194 e. The number of hydrogen-bond donors (Lipinski definition) is 0. The van der Waals surface area contributed by atoms with E-state index in [0.717, 1.165) is 64.1 Å². The van der Waals surface area contributed by atoms with Crippen molar-refractivity contribution in [3.63, 3.8) is 0 Å². The van der Waals surface area contributed by atoms with Gasteiger partial charge in [0, 0.05) is 58.3 Å². The molecular weight excluding hydrogens is 548 g/mol. The Labute approximate surface area is 220 Å². The second kappa shape index (κ2) is 6.43. The lowest BCUT2D eigenvalue weighted by Gasteiger charge is -2.16. The van der Waals surface area contributed by atoms with Gasteiger partial charge < -0.3 is 0 Å². The SMILES string of the molecule is O=c1c2ccc(Cl)c(Br)c2c2ccc3c4c(ccc1c24)c1ccc2c(=O)c4ccccc4c4nn3c1c24. The van der Waals surface area contributed by atoms with Gasteiger partial charge in [0.15, 0.2) is 10.9 Å². The topological polar surface area (TPSA) is 51.4 Å². The first-order valence-corrected chi connectivity index (χ1v) is 13.0. The summed E-state index contributed by atoms with van der Waals surface area (Å²) >= 11 is 10.1. The summed E-state index contributed by atoms with van der Waals surface area (Å²) in [7, 11) is 0. The second-order valence-corrected chi connectivity index (χ2v) is 10.9. The van der Waals surface area contributed by atoms with Gasteiger partial charge in [-0.1, -0.05) is 54.1 Å². The summed E-state index contributed by atoms with van der Waals surface area (Å²) in [6.45, 7) is 0. The highest BCUT2D eigenvalue weighted by Gasteiger charge is 2.24. The van der Waals surface area contributed by atoms with Crippen LogP contribution in [0.1, 0.15) is 0 Å². The largest absolute Gasteiger partial charge is 0.289 e. The Morgan fingerprint density at radius 2 is 1.22 bits per heavy atom. The lowest BCUT2D eigenvalue weighted by atomic mass is 9.90. The predicted molar refractivity (Wildman–Crippen MR) is 157 cm³/mol. The fourth-order valence-corrected chi connectivity index (χ4v) is 7.19. The zero-order chi connectivity index (χ0) is 24.7. The van der Waals surface area contributed by atoms with Crippen LogP contribution in [0.15, 0.2) is 86.9 Å². The first-order valence-electron chi connectivity index (χ1n) is 11.9. The van der Waals surface area contributed by atoms with E-state index in [9.17, 15) is 9.59 Å². The van der Waals surface area contributed by atoms with Crippen molar-refractivity contribution in [3.8, 4) is 0 Å². The monoisotopic (exact) mass is 558 g/mol. The molecule has 37 heavy (non-hydrogen) atoms. The molecule has 0 spiro atoms. The van der Waals surface area contributed by atoms with Gasteiger partial charge in [-0.25, -0.2) is 4.52 Å². The Kier molecular flexibility index (Phi) is 3.49. The van der Waals surface area contributed by atoms with Crippen LogP contribution in [0.2, 0.25) is 5.02 Å². The fraction of sp³-hybridized carbons (Fsp3) is 0. The summed E-state index contributed by atoms with van der Waals surface area (Å²) in [6, 6.07) is 23.2. The van der Waals surface area contributed by atoms with E-state index in [1.54, 1.807) is 12.1 Å². The maximum atomic E-state index is 13.7. The van der Waals surface area contributed by atoms with Crippen molar-refractivity contribution in [2.75, 3.05) is 0 Å². The zero-order valence-corrected chi connectivity index (χ0v) is 21.2. The van der Waals surface area contributed by atoms with Crippen LogP contribution in [-0.2, 0) is 0 Å². The summed E-state index contributed by atoms with van der Waals surface area (Å²) in [5.74, 6) is 0. The highest BCUT2D eigenvalue weighted by Crippen LogP contribution is 2.44. The molecule has 0 aliphatic rings. The molecule has 7 aromatic carbocycles. The molecule has 0 N–H and O–H groups in total. The molecule has 0 saturated carbocycles. The molecule has 9 rings (SSSR count). The summed E-state index contributed by atoms with van der Waals surface area (Å²) in [4.78, 5) is 27.1. The summed E-state index contributed by atoms with van der Waals surface area (Å²) in [5.41, 5.74) is 2.65. The van der Waals surface area contributed by atoms with Gasteiger partial charge in [0.1, 0.15) is 5.52 Å². The van der Waals surface area contributed by atoms with Crippen molar-refractivity contribution < 1.29 is 0 Å². The number of fused-ring (bicyclic) bond motifs is 6. The van der Waals surface area contributed by atoms with Crippen molar-refractivity contribution >= 4 is 109 Å². The van der Waals surface area contributed by atoms with E-state index < -0.39 is 0 Å². The summed E-state index contributed by atoms with van der Waals surface area (Å²) < 4.78 is 2.68. The highest BCUT2D eigenvalue weighted by atomic mass is 79.9. The van der Waals surface area contributed by atoms with Crippen LogP contribution in [0, 0.1) is 0 Å². The van der Waals surface area contributed by atoms with Crippen molar-refractivity contribution in [1.82, 2.24) is 9.61 Å². The third-order valence-electron chi connectivity index (χ3n) is 8.01. The van der Waals surface area contributed by atoms with Crippen molar-refractivity contribution in [1.29, 1.82) is 0 Å². The van der Waals surface area contributed by atoms with Crippen LogP contribution in [0.5, 0.6) is 0 Å². The predicted octanol–water partition coefficient (Wildman–Crippen LogP) is 7.86. The van der Waals surface area contributed by atoms with Gasteiger partial charge in [0.05, 0.1) is 16.1 Å². The van der Waals surface area contributed by atoms with E-state index in [-0.39, 0.29) is 10.9 Å². The van der Waals surface area contributed by atoms with Gasteiger partial charge in [0.25, 0.3) is 0 Å². The van der Waals surface area contributed by atoms with E-state index in [2.05, 4.69) is 28.1 Å². The lowest BCUT2D eigenvalue weighted by molar-refractivity contribution is 1.04. The molecule has 0 radical (unpaired) electrons. The number of rotatable bonds is 0. The van der Waals surface area contributed by atoms with Gasteiger partial charge in [-0.15, -0.1) is 0 Å². The molecule has 0 aliphatic carbocycles. The lowest BCUT2D eigenvalue weighted by Crippen LogP contribution is -2.05. The van der Waals surface area contributed by atoms with Crippen molar-refractivity contribution in [2.24, 2.45) is 0 Å². The molecule has 0 saturated heterocycles. The summed E-state index contributed by atoms with van der Waals surface area (Å²) in [6.07, 6.45) is 0. The highest BCUT2D eigenvalue weighted by molar-refractivity contribution is 9.10. The van der Waals surface area contributed by atoms with Crippen LogP contribution in [-0.4, -0.2) is 9.61 Å². The molecule has 0 fully saturated rings. The molecule has 0 bridgehead atoms. The molecule has 2 aromatic heterocycles. The van der Waals surface area contributed by atoms with Gasteiger partial charge >= 0.3 is 0 Å². The molecule has 0 aliphatic heterocycles. The Hall–Kier alpha value is -4.06. The van der Waals surface area contributed by atoms with E-state index in [4.69, 9.17) is 16.7 Å². The minimum Gasteiger partial charge on any atom is -0.289 e. The van der Waals surface area contributed by atoms with Gasteiger partial charge in [-0.2, -0.15) is 5.10 Å². The Morgan fingerprint density at radius 3 is 2.05 bits per heavy atom. The van der Waals surface area contributed by atoms with E-state index in [1.807, 2.05) is 53.0 Å². The zero-order valence-electron chi connectivity index (χ0n) is 18.9. The van der Waals surface area contributed by atoms with Gasteiger partial charge in [-0.3, -0.25) is 9.59 Å². The maximum absolute atomic E-state index is 13.7. The first-order chi connectivity index (χ1) is 18.0. The number of halogens is 2. The number of aromatic nitrogens is 2. The van der Waals surface area contributed by atoms with E-state index in [0.29, 0.717) is 26.6 Å². The third-order valence-corrected chi connectivity index (χ3v) is 9.38. The fourth-order valence-electron chi connectivity index (χ4n) is 6.48. The molecule has 9 aromatic rings. The van der Waals surface area contributed by atoms with Crippen LogP contribution in [0.4, 0.5) is 0 Å². The third kappa shape index (κ3) is 2.17. The molecule has 0 atom stereocenters. The Balaban J connectivity index is 1.64. The first kappa shape index (κ1) is 20.0. The van der Waals surface area contributed by atoms with Crippen LogP contribution >= 0.6 is 27.5 Å². The average molecular weight is 560 g/mol. The average Bonchev–Trinajstić information content (AvgIpc) is 3.33. The standard InChI is InChI=1S/C31H12BrClN2O2/c32-27-21(33)11-9-19-24(27)17-10-12-22-25-13(5-7-18(23(17)25)31(19)37)15-6-8-20-26-28(34-35(22)29(15)26)14-3-1-2-4-16(14)30(20)36/h1-12H. The van der Waals surface area contributed by atoms with Crippen LogP contribution < -0.4 is 10.9 Å². The second-order valence-electron chi connectivity index (χ2n) is 9.68. The van der Waals surface area contributed by atoms with E-state index >= 15 is 0 Å². The normalized spacial score (nSPS) is 12.8. The van der Waals surface area contributed by atoms with Crippen LogP contribution in [0.25, 0.3) is 81.2 Å². The van der Waals surface area contributed by atoms with Gasteiger partial charge in [0.2, 0.25) is 0 Å². The number of pyridine rings is 1. The van der Waals surface area contributed by atoms with Crippen molar-refractivity contribution in [3.05, 3.63) is 103 Å². The molecular formula is C31H12BrClN2O2. The molecule has 0 amide bonds. The van der Waals surface area contributed by atoms with Crippen LogP contribution in [0.3, 0.4) is 0 Å². The Bertz CT molecular complexity index is 2590. The number of benzene rings is 7. The molecule has 0 unspecified atom stereocenters. The quantitative estimate of drug-likeness (QED) is 0.140. The van der Waals surface area contributed by atoms with Crippen molar-refractivity contribution in [2.45, 2.75) is 0 Å². The molecule has 2 heterocycles. The minimum absolute atomic E-state index is 0.0200. The smallest absolute Gasteiger partial charge is 0.194 e. The molecule has 4 nitrogen and oxygen atoms in total.